The predicted octanol–water partition coefficient (Wildman–Crippen LogP) is 2.96. The van der Waals surface area contributed by atoms with Gasteiger partial charge in [-0.1, -0.05) is 19.1 Å². The van der Waals surface area contributed by atoms with E-state index in [1.165, 1.54) is 11.3 Å². The van der Waals surface area contributed by atoms with Gasteiger partial charge in [-0.3, -0.25) is 9.59 Å². The number of fused-ring (bicyclic) bond motifs is 1. The zero-order chi connectivity index (χ0) is 21.3. The minimum atomic E-state index is -0.243. The van der Waals surface area contributed by atoms with Crippen molar-refractivity contribution in [1.82, 2.24) is 14.9 Å². The molecule has 2 aromatic heterocycles. The van der Waals surface area contributed by atoms with Crippen LogP contribution in [0.3, 0.4) is 0 Å². The molecule has 1 aromatic carbocycles. The van der Waals surface area contributed by atoms with Gasteiger partial charge in [-0.05, 0) is 42.7 Å². The third-order valence-corrected chi connectivity index (χ3v) is 6.22. The second-order valence-electron chi connectivity index (χ2n) is 7.14. The highest BCUT2D eigenvalue weighted by Crippen LogP contribution is 2.29. The maximum absolute atomic E-state index is 13.3. The Morgan fingerprint density at radius 3 is 2.83 bits per heavy atom. The molecule has 0 bridgehead atoms. The molecule has 0 radical (unpaired) electrons. The molecule has 2 N–H and O–H groups in total. The molecule has 0 saturated carbocycles. The van der Waals surface area contributed by atoms with Crippen molar-refractivity contribution < 1.29 is 14.6 Å². The summed E-state index contributed by atoms with van der Waals surface area (Å²) in [5.74, 6) is 0.102. The Bertz CT molecular complexity index is 1190. The first-order valence-electron chi connectivity index (χ1n) is 9.88. The Morgan fingerprint density at radius 1 is 1.37 bits per heavy atom. The second-order valence-corrected chi connectivity index (χ2v) is 8.35. The minimum absolute atomic E-state index is 0.0975. The molecule has 0 spiro atoms. The molecule has 1 saturated heterocycles. The van der Waals surface area contributed by atoms with Gasteiger partial charge in [0.15, 0.2) is 0 Å². The SMILES string of the molecule is CCc1c(C)sc2nc(C(=Cc3cccc(O)c3)C(=O)N3CCOCC3)[nH]c(=O)c12. The van der Waals surface area contributed by atoms with Crippen molar-refractivity contribution in [2.75, 3.05) is 26.3 Å². The number of aromatic amines is 1. The van der Waals surface area contributed by atoms with Gasteiger partial charge >= 0.3 is 0 Å². The number of hydrogen-bond acceptors (Lipinski definition) is 6. The predicted molar refractivity (Wildman–Crippen MR) is 118 cm³/mol. The van der Waals surface area contributed by atoms with E-state index in [9.17, 15) is 14.7 Å². The van der Waals surface area contributed by atoms with Gasteiger partial charge in [-0.15, -0.1) is 11.3 Å². The lowest BCUT2D eigenvalue weighted by molar-refractivity contribution is -0.128. The number of hydrogen-bond donors (Lipinski definition) is 2. The smallest absolute Gasteiger partial charge is 0.260 e. The van der Waals surface area contributed by atoms with E-state index in [2.05, 4.69) is 9.97 Å². The number of carbonyl (C=O) groups is 1. The molecule has 0 unspecified atom stereocenters. The summed E-state index contributed by atoms with van der Waals surface area (Å²) in [5.41, 5.74) is 1.68. The van der Waals surface area contributed by atoms with E-state index in [1.54, 1.807) is 35.2 Å². The Hall–Kier alpha value is -2.97. The zero-order valence-corrected chi connectivity index (χ0v) is 17.7. The monoisotopic (exact) mass is 425 g/mol. The van der Waals surface area contributed by atoms with Gasteiger partial charge in [0.05, 0.1) is 24.2 Å². The summed E-state index contributed by atoms with van der Waals surface area (Å²) in [6.45, 7) is 5.88. The molecule has 0 aliphatic carbocycles. The molecule has 156 valence electrons. The molecule has 4 rings (SSSR count). The average molecular weight is 426 g/mol. The number of phenols is 1. The van der Waals surface area contributed by atoms with E-state index in [-0.39, 0.29) is 28.6 Å². The molecule has 3 aromatic rings. The molecule has 30 heavy (non-hydrogen) atoms. The van der Waals surface area contributed by atoms with Crippen LogP contribution >= 0.6 is 11.3 Å². The normalized spacial score (nSPS) is 15.0. The van der Waals surface area contributed by atoms with Gasteiger partial charge in [-0.2, -0.15) is 0 Å². The summed E-state index contributed by atoms with van der Waals surface area (Å²) in [7, 11) is 0. The number of nitrogens with one attached hydrogen (secondary N) is 1. The molecule has 1 aliphatic rings. The molecule has 1 amide bonds. The van der Waals surface area contributed by atoms with Gasteiger partial charge in [0.1, 0.15) is 16.4 Å². The summed E-state index contributed by atoms with van der Waals surface area (Å²) in [6.07, 6.45) is 2.40. The first kappa shape index (κ1) is 20.3. The van der Waals surface area contributed by atoms with Gasteiger partial charge < -0.3 is 19.7 Å². The van der Waals surface area contributed by atoms with Gasteiger partial charge in [-0.25, -0.2) is 4.98 Å². The Balaban J connectivity index is 1.87. The lowest BCUT2D eigenvalue weighted by Gasteiger charge is -2.27. The number of aromatic hydroxyl groups is 1. The second kappa shape index (κ2) is 8.41. The lowest BCUT2D eigenvalue weighted by atomic mass is 10.1. The number of thiophene rings is 1. The fraction of sp³-hybridized carbons (Fsp3) is 0.318. The number of amides is 1. The molecular weight excluding hydrogens is 402 g/mol. The molecular formula is C22H23N3O4S. The van der Waals surface area contributed by atoms with E-state index >= 15 is 0 Å². The Labute approximate surface area is 177 Å². The Morgan fingerprint density at radius 2 is 2.13 bits per heavy atom. The number of ether oxygens (including phenoxy) is 1. The van der Waals surface area contributed by atoms with Crippen LogP contribution in [-0.4, -0.2) is 52.2 Å². The summed E-state index contributed by atoms with van der Waals surface area (Å²) < 4.78 is 5.36. The first-order chi connectivity index (χ1) is 14.5. The lowest BCUT2D eigenvalue weighted by Crippen LogP contribution is -2.41. The van der Waals surface area contributed by atoms with Crippen LogP contribution in [0.2, 0.25) is 0 Å². The first-order valence-corrected chi connectivity index (χ1v) is 10.7. The quantitative estimate of drug-likeness (QED) is 0.627. The minimum Gasteiger partial charge on any atom is -0.508 e. The van der Waals surface area contributed by atoms with Gasteiger partial charge in [0.2, 0.25) is 0 Å². The number of nitrogens with zero attached hydrogens (tertiary/aromatic N) is 2. The summed E-state index contributed by atoms with van der Waals surface area (Å²) in [6, 6.07) is 6.61. The molecule has 1 fully saturated rings. The van der Waals surface area contributed by atoms with Gasteiger partial charge in [0.25, 0.3) is 11.5 Å². The van der Waals surface area contributed by atoms with Crippen molar-refractivity contribution in [2.45, 2.75) is 20.3 Å². The average Bonchev–Trinajstić information content (AvgIpc) is 3.07. The van der Waals surface area contributed by atoms with E-state index in [4.69, 9.17) is 4.74 Å². The molecule has 8 heteroatoms. The number of phenolic OH excluding ortho intramolecular Hbond substituents is 1. The van der Waals surface area contributed by atoms with Crippen LogP contribution < -0.4 is 5.56 Å². The van der Waals surface area contributed by atoms with Crippen LogP contribution in [-0.2, 0) is 16.0 Å². The van der Waals surface area contributed by atoms with Crippen LogP contribution in [0.4, 0.5) is 0 Å². The van der Waals surface area contributed by atoms with Crippen LogP contribution in [0.1, 0.15) is 28.8 Å². The maximum atomic E-state index is 13.3. The van der Waals surface area contributed by atoms with Crippen LogP contribution in [0.15, 0.2) is 29.1 Å². The van der Waals surface area contributed by atoms with Gasteiger partial charge in [0, 0.05) is 18.0 Å². The van der Waals surface area contributed by atoms with Crippen molar-refractivity contribution in [3.05, 3.63) is 56.4 Å². The number of rotatable bonds is 4. The molecule has 7 nitrogen and oxygen atoms in total. The fourth-order valence-electron chi connectivity index (χ4n) is 3.68. The van der Waals surface area contributed by atoms with Crippen LogP contribution in [0, 0.1) is 6.92 Å². The number of aryl methyl sites for hydroxylation is 2. The van der Waals surface area contributed by atoms with Crippen LogP contribution in [0.25, 0.3) is 21.9 Å². The topological polar surface area (TPSA) is 95.5 Å². The molecule has 3 heterocycles. The third kappa shape index (κ3) is 3.88. The number of aromatic nitrogens is 2. The molecule has 0 atom stereocenters. The van der Waals surface area contributed by atoms with E-state index < -0.39 is 0 Å². The third-order valence-electron chi connectivity index (χ3n) is 5.18. The summed E-state index contributed by atoms with van der Waals surface area (Å²) >= 11 is 1.46. The van der Waals surface area contributed by atoms with Crippen molar-refractivity contribution in [1.29, 1.82) is 0 Å². The van der Waals surface area contributed by atoms with E-state index in [0.29, 0.717) is 42.1 Å². The fourth-order valence-corrected chi connectivity index (χ4v) is 4.79. The standard InChI is InChI=1S/C22H23N3O4S/c1-3-16-13(2)30-21-18(16)20(27)23-19(24-21)17(12-14-5-4-6-15(26)11-14)22(28)25-7-9-29-10-8-25/h4-6,11-12,26H,3,7-10H2,1-2H3,(H,23,24,27). The summed E-state index contributed by atoms with van der Waals surface area (Å²) in [5, 5.41) is 10.4. The van der Waals surface area contributed by atoms with Crippen molar-refractivity contribution in [3.8, 4) is 5.75 Å². The number of morpholine rings is 1. The van der Waals surface area contributed by atoms with Crippen molar-refractivity contribution >= 4 is 39.1 Å². The highest BCUT2D eigenvalue weighted by Gasteiger charge is 2.25. The zero-order valence-electron chi connectivity index (χ0n) is 16.9. The highest BCUT2D eigenvalue weighted by atomic mass is 32.1. The highest BCUT2D eigenvalue weighted by molar-refractivity contribution is 7.18. The number of carbonyl (C=O) groups excluding carboxylic acids is 1. The van der Waals surface area contributed by atoms with Crippen molar-refractivity contribution in [3.63, 3.8) is 0 Å². The van der Waals surface area contributed by atoms with E-state index in [0.717, 1.165) is 16.9 Å². The summed E-state index contributed by atoms with van der Waals surface area (Å²) in [4.78, 5) is 37.1. The largest absolute Gasteiger partial charge is 0.508 e. The number of benzene rings is 1. The number of H-pyrrole nitrogens is 1. The maximum Gasteiger partial charge on any atom is 0.260 e. The Kier molecular flexibility index (Phi) is 5.69. The van der Waals surface area contributed by atoms with Crippen molar-refractivity contribution in [2.24, 2.45) is 0 Å². The van der Waals surface area contributed by atoms with E-state index in [1.807, 2.05) is 13.8 Å². The van der Waals surface area contributed by atoms with Crippen LogP contribution in [0.5, 0.6) is 5.75 Å². The molecule has 1 aliphatic heterocycles.